The lowest BCUT2D eigenvalue weighted by Crippen LogP contribution is -1.98. The van der Waals surface area contributed by atoms with E-state index >= 15 is 0 Å². The van der Waals surface area contributed by atoms with Crippen molar-refractivity contribution in [2.24, 2.45) is 5.92 Å². The molecule has 1 atom stereocenters. The van der Waals surface area contributed by atoms with Gasteiger partial charge in [-0.1, -0.05) is 69.9 Å². The van der Waals surface area contributed by atoms with Crippen LogP contribution < -0.4 is 0 Å². The number of benzene rings is 1. The predicted molar refractivity (Wildman–Crippen MR) is 73.0 cm³/mol. The first-order valence-electron chi connectivity index (χ1n) is 6.46. The molecule has 1 aromatic rings. The molecule has 1 aromatic carbocycles. The van der Waals surface area contributed by atoms with Crippen molar-refractivity contribution < 1.29 is 0 Å². The summed E-state index contributed by atoms with van der Waals surface area (Å²) < 4.78 is 0. The van der Waals surface area contributed by atoms with E-state index in [1.165, 1.54) is 31.2 Å². The summed E-state index contributed by atoms with van der Waals surface area (Å²) in [5.74, 6) is 0.889. The third-order valence-corrected chi connectivity index (χ3v) is 3.86. The summed E-state index contributed by atoms with van der Waals surface area (Å²) >= 11 is 6.38. The van der Waals surface area contributed by atoms with Crippen LogP contribution in [0.5, 0.6) is 0 Å². The van der Waals surface area contributed by atoms with E-state index in [1.54, 1.807) is 0 Å². The molecule has 0 aromatic heterocycles. The Bertz CT molecular complexity index is 264. The molecule has 0 N–H and O–H groups in total. The van der Waals surface area contributed by atoms with Gasteiger partial charge in [-0.15, -0.1) is 11.6 Å². The van der Waals surface area contributed by atoms with E-state index in [0.29, 0.717) is 0 Å². The molecule has 0 fully saturated rings. The van der Waals surface area contributed by atoms with Crippen LogP contribution in [0.4, 0.5) is 0 Å². The van der Waals surface area contributed by atoms with Gasteiger partial charge in [-0.25, -0.2) is 0 Å². The quantitative estimate of drug-likeness (QED) is 0.545. The van der Waals surface area contributed by atoms with Crippen LogP contribution in [0.2, 0.25) is 0 Å². The maximum atomic E-state index is 6.38. The van der Waals surface area contributed by atoms with E-state index in [9.17, 15) is 0 Å². The number of hydrogen-bond acceptors (Lipinski definition) is 0. The van der Waals surface area contributed by atoms with Crippen LogP contribution in [0, 0.1) is 5.92 Å². The number of alkyl halides is 1. The van der Waals surface area contributed by atoms with Crippen LogP contribution in [0.15, 0.2) is 30.3 Å². The fourth-order valence-electron chi connectivity index (χ4n) is 2.11. The Kier molecular flexibility index (Phi) is 6.56. The molecule has 0 heterocycles. The number of rotatable bonds is 7. The lowest BCUT2D eigenvalue weighted by atomic mass is 9.95. The average molecular weight is 239 g/mol. The van der Waals surface area contributed by atoms with Crippen molar-refractivity contribution >= 4 is 11.6 Å². The summed E-state index contributed by atoms with van der Waals surface area (Å²) in [7, 11) is 0. The van der Waals surface area contributed by atoms with E-state index in [4.69, 9.17) is 11.6 Å². The van der Waals surface area contributed by atoms with Gasteiger partial charge in [0.05, 0.1) is 5.38 Å². The summed E-state index contributed by atoms with van der Waals surface area (Å²) in [6.45, 7) is 4.56. The smallest absolute Gasteiger partial charge is 0.0585 e. The van der Waals surface area contributed by atoms with Crippen molar-refractivity contribution in [2.75, 3.05) is 0 Å². The molecule has 0 aliphatic carbocycles. The summed E-state index contributed by atoms with van der Waals surface area (Å²) in [4.78, 5) is 0. The zero-order valence-electron chi connectivity index (χ0n) is 10.5. The summed E-state index contributed by atoms with van der Waals surface area (Å²) in [5, 5.41) is 0.190. The molecule has 0 spiro atoms. The Morgan fingerprint density at radius 3 is 2.19 bits per heavy atom. The van der Waals surface area contributed by atoms with Gasteiger partial charge < -0.3 is 0 Å². The minimum absolute atomic E-state index is 0.190. The highest BCUT2D eigenvalue weighted by molar-refractivity contribution is 6.20. The molecular weight excluding hydrogens is 216 g/mol. The molecule has 1 rings (SSSR count). The van der Waals surface area contributed by atoms with Gasteiger partial charge in [-0.2, -0.15) is 0 Å². The van der Waals surface area contributed by atoms with Gasteiger partial charge in [0.25, 0.3) is 0 Å². The third-order valence-electron chi connectivity index (χ3n) is 3.39. The SMILES string of the molecule is CCC(CC)CCCC(Cl)c1ccccc1. The van der Waals surface area contributed by atoms with Crippen LogP contribution in [0.3, 0.4) is 0 Å². The van der Waals surface area contributed by atoms with E-state index in [-0.39, 0.29) is 5.38 Å². The van der Waals surface area contributed by atoms with Crippen LogP contribution in [0.1, 0.15) is 56.9 Å². The Balaban J connectivity index is 2.28. The van der Waals surface area contributed by atoms with Gasteiger partial charge in [0, 0.05) is 0 Å². The molecule has 0 aliphatic rings. The minimum Gasteiger partial charge on any atom is -0.118 e. The summed E-state index contributed by atoms with van der Waals surface area (Å²) in [5.41, 5.74) is 1.26. The summed E-state index contributed by atoms with van der Waals surface area (Å²) in [6, 6.07) is 10.4. The minimum atomic E-state index is 0.190. The molecule has 0 nitrogen and oxygen atoms in total. The second-order valence-electron chi connectivity index (χ2n) is 4.49. The van der Waals surface area contributed by atoms with Crippen LogP contribution >= 0.6 is 11.6 Å². The van der Waals surface area contributed by atoms with Crippen molar-refractivity contribution in [2.45, 2.75) is 51.3 Å². The van der Waals surface area contributed by atoms with E-state index < -0.39 is 0 Å². The van der Waals surface area contributed by atoms with Crippen molar-refractivity contribution in [3.8, 4) is 0 Å². The molecule has 1 heteroatoms. The average Bonchev–Trinajstić information content (AvgIpc) is 2.35. The Morgan fingerprint density at radius 2 is 1.62 bits per heavy atom. The fraction of sp³-hybridized carbons (Fsp3) is 0.600. The standard InChI is InChI=1S/C15H23Cl/c1-3-13(4-2)9-8-12-15(16)14-10-6-5-7-11-14/h5-7,10-11,13,15H,3-4,8-9,12H2,1-2H3. The second-order valence-corrected chi connectivity index (χ2v) is 5.02. The van der Waals surface area contributed by atoms with Crippen LogP contribution in [0.25, 0.3) is 0 Å². The monoisotopic (exact) mass is 238 g/mol. The van der Waals surface area contributed by atoms with Gasteiger partial charge >= 0.3 is 0 Å². The lowest BCUT2D eigenvalue weighted by molar-refractivity contribution is 0.432. The van der Waals surface area contributed by atoms with Crippen molar-refractivity contribution in [1.82, 2.24) is 0 Å². The van der Waals surface area contributed by atoms with Gasteiger partial charge in [0.15, 0.2) is 0 Å². The molecule has 0 radical (unpaired) electrons. The van der Waals surface area contributed by atoms with Gasteiger partial charge in [-0.3, -0.25) is 0 Å². The fourth-order valence-corrected chi connectivity index (χ4v) is 2.41. The number of hydrogen-bond donors (Lipinski definition) is 0. The normalized spacial score (nSPS) is 13.0. The van der Waals surface area contributed by atoms with Gasteiger partial charge in [0.1, 0.15) is 0 Å². The molecule has 0 amide bonds. The zero-order valence-corrected chi connectivity index (χ0v) is 11.2. The molecular formula is C15H23Cl. The van der Waals surface area contributed by atoms with E-state index in [0.717, 1.165) is 12.3 Å². The maximum Gasteiger partial charge on any atom is 0.0585 e. The zero-order chi connectivity index (χ0) is 11.8. The highest BCUT2D eigenvalue weighted by Gasteiger charge is 2.09. The first kappa shape index (κ1) is 13.6. The molecule has 0 saturated carbocycles. The Morgan fingerprint density at radius 1 is 1.00 bits per heavy atom. The Hall–Kier alpha value is -0.490. The van der Waals surface area contributed by atoms with Crippen molar-refractivity contribution in [3.63, 3.8) is 0 Å². The highest BCUT2D eigenvalue weighted by Crippen LogP contribution is 2.27. The topological polar surface area (TPSA) is 0 Å². The van der Waals surface area contributed by atoms with Gasteiger partial charge in [-0.05, 0) is 17.9 Å². The van der Waals surface area contributed by atoms with E-state index in [2.05, 4.69) is 38.1 Å². The molecule has 90 valence electrons. The molecule has 0 saturated heterocycles. The third kappa shape index (κ3) is 4.57. The highest BCUT2D eigenvalue weighted by atomic mass is 35.5. The molecule has 16 heavy (non-hydrogen) atoms. The van der Waals surface area contributed by atoms with Crippen molar-refractivity contribution in [3.05, 3.63) is 35.9 Å². The first-order valence-corrected chi connectivity index (χ1v) is 6.90. The largest absolute Gasteiger partial charge is 0.118 e. The maximum absolute atomic E-state index is 6.38. The summed E-state index contributed by atoms with van der Waals surface area (Å²) in [6.07, 6.45) is 6.27. The lowest BCUT2D eigenvalue weighted by Gasteiger charge is -2.14. The van der Waals surface area contributed by atoms with E-state index in [1.807, 2.05) is 6.07 Å². The van der Waals surface area contributed by atoms with Crippen LogP contribution in [-0.4, -0.2) is 0 Å². The van der Waals surface area contributed by atoms with Gasteiger partial charge in [0.2, 0.25) is 0 Å². The molecule has 0 aliphatic heterocycles. The molecule has 1 unspecified atom stereocenters. The molecule has 0 bridgehead atoms. The first-order chi connectivity index (χ1) is 7.77. The predicted octanol–water partition coefficient (Wildman–Crippen LogP) is 5.57. The van der Waals surface area contributed by atoms with Crippen molar-refractivity contribution in [1.29, 1.82) is 0 Å². The number of halogens is 1. The second kappa shape index (κ2) is 7.73. The van der Waals surface area contributed by atoms with Crippen LogP contribution in [-0.2, 0) is 0 Å². The Labute approximate surface area is 105 Å².